The van der Waals surface area contributed by atoms with Gasteiger partial charge in [-0.1, -0.05) is 18.2 Å². The molecule has 1 N–H and O–H groups in total. The van der Waals surface area contributed by atoms with Gasteiger partial charge in [0.15, 0.2) is 5.65 Å². The first-order valence-electron chi connectivity index (χ1n) is 13.1. The predicted molar refractivity (Wildman–Crippen MR) is 141 cm³/mol. The van der Waals surface area contributed by atoms with Crippen LogP contribution in [-0.2, 0) is 0 Å². The van der Waals surface area contributed by atoms with Crippen LogP contribution in [0.5, 0.6) is 5.88 Å². The molecular weight excluding hydrogens is 474 g/mol. The molecule has 9 heteroatoms. The Morgan fingerprint density at radius 3 is 2.41 bits per heavy atom. The lowest BCUT2D eigenvalue weighted by atomic mass is 9.89. The van der Waals surface area contributed by atoms with Gasteiger partial charge in [0.2, 0.25) is 5.88 Å². The molecule has 2 aliphatic heterocycles. The Labute approximate surface area is 217 Å². The van der Waals surface area contributed by atoms with E-state index in [4.69, 9.17) is 9.72 Å². The van der Waals surface area contributed by atoms with E-state index in [-0.39, 0.29) is 11.7 Å². The summed E-state index contributed by atoms with van der Waals surface area (Å²) in [5.41, 5.74) is 2.08. The summed E-state index contributed by atoms with van der Waals surface area (Å²) in [7, 11) is 4.22. The minimum atomic E-state index is -1.38. The number of rotatable bonds is 7. The van der Waals surface area contributed by atoms with Crippen LogP contribution in [0.4, 0.5) is 14.6 Å². The van der Waals surface area contributed by atoms with Crippen LogP contribution in [0.15, 0.2) is 24.3 Å². The van der Waals surface area contributed by atoms with Gasteiger partial charge in [-0.25, -0.2) is 18.7 Å². The van der Waals surface area contributed by atoms with E-state index in [2.05, 4.69) is 45.2 Å². The van der Waals surface area contributed by atoms with Crippen LogP contribution >= 0.6 is 0 Å². The van der Waals surface area contributed by atoms with Crippen LogP contribution < -0.4 is 10.1 Å². The number of piperidine rings is 1. The van der Waals surface area contributed by atoms with Crippen molar-refractivity contribution in [2.45, 2.75) is 57.8 Å². The molecule has 7 nitrogen and oxygen atoms in total. The van der Waals surface area contributed by atoms with E-state index < -0.39 is 18.0 Å². The Morgan fingerprint density at radius 1 is 1.03 bits per heavy atom. The summed E-state index contributed by atoms with van der Waals surface area (Å²) in [6.07, 6.45) is 0.782. The second-order valence-electron chi connectivity index (χ2n) is 10.6. The highest BCUT2D eigenvalue weighted by Gasteiger charge is 2.30. The molecular formula is C28H36F2N6O. The van der Waals surface area contributed by atoms with Crippen molar-refractivity contribution in [2.24, 2.45) is 0 Å². The maximum absolute atomic E-state index is 15.1. The molecule has 1 unspecified atom stereocenters. The molecule has 2 fully saturated rings. The number of anilines is 1. The number of aryl methyl sites for hydroxylation is 1. The van der Waals surface area contributed by atoms with E-state index in [0.717, 1.165) is 50.0 Å². The summed E-state index contributed by atoms with van der Waals surface area (Å²) < 4.78 is 35.4. The van der Waals surface area contributed by atoms with E-state index in [0.29, 0.717) is 34.7 Å². The summed E-state index contributed by atoms with van der Waals surface area (Å²) in [5.74, 6) is 1.60. The average Bonchev–Trinajstić information content (AvgIpc) is 2.83. The monoisotopic (exact) mass is 510 g/mol. The van der Waals surface area contributed by atoms with Gasteiger partial charge in [0.1, 0.15) is 29.7 Å². The highest BCUT2D eigenvalue weighted by Crippen LogP contribution is 2.38. The van der Waals surface area contributed by atoms with Crippen molar-refractivity contribution < 1.29 is 13.5 Å². The fourth-order valence-corrected chi connectivity index (χ4v) is 5.35. The topological polar surface area (TPSA) is 66.4 Å². The second kappa shape index (κ2) is 10.5. The van der Waals surface area contributed by atoms with Crippen LogP contribution in [0.2, 0.25) is 0 Å². The zero-order chi connectivity index (χ0) is 26.3. The Kier molecular flexibility index (Phi) is 7.27. The molecule has 0 radical (unpaired) electrons. The number of nitrogens with zero attached hydrogens (tertiary/aromatic N) is 5. The molecule has 2 saturated heterocycles. The Balaban J connectivity index is 1.53. The molecule has 0 saturated carbocycles. The minimum absolute atomic E-state index is 0.0597. The number of alkyl halides is 1. The van der Waals surface area contributed by atoms with Crippen LogP contribution in [-0.4, -0.2) is 71.1 Å². The highest BCUT2D eigenvalue weighted by atomic mass is 19.1. The number of nitrogens with one attached hydrogen (secondary N) is 1. The number of fused-ring (bicyclic) bond motifs is 1. The number of pyridine rings is 1. The molecule has 0 amide bonds. The van der Waals surface area contributed by atoms with Crippen molar-refractivity contribution in [3.63, 3.8) is 0 Å². The lowest BCUT2D eigenvalue weighted by Gasteiger charge is -2.37. The van der Waals surface area contributed by atoms with Crippen molar-refractivity contribution in [2.75, 3.05) is 45.6 Å². The van der Waals surface area contributed by atoms with Crippen molar-refractivity contribution in [1.29, 1.82) is 0 Å². The van der Waals surface area contributed by atoms with E-state index in [1.54, 1.807) is 12.1 Å². The largest absolute Gasteiger partial charge is 0.471 e. The average molecular weight is 511 g/mol. The number of hydrogen-bond donors (Lipinski definition) is 1. The summed E-state index contributed by atoms with van der Waals surface area (Å²) in [4.78, 5) is 18.7. The zero-order valence-corrected chi connectivity index (χ0v) is 22.3. The second-order valence-corrected chi connectivity index (χ2v) is 10.6. The summed E-state index contributed by atoms with van der Waals surface area (Å²) >= 11 is 0. The van der Waals surface area contributed by atoms with Gasteiger partial charge in [-0.05, 0) is 72.8 Å². The van der Waals surface area contributed by atoms with E-state index in [1.807, 2.05) is 13.8 Å². The van der Waals surface area contributed by atoms with Gasteiger partial charge in [-0.3, -0.25) is 4.90 Å². The minimum Gasteiger partial charge on any atom is -0.471 e. The van der Waals surface area contributed by atoms with E-state index >= 15 is 4.39 Å². The van der Waals surface area contributed by atoms with Crippen molar-refractivity contribution in [3.8, 4) is 5.88 Å². The standard InChI is InChI=1S/C28H36F2N6O/c1-16(29)21-7-6-8-22(25(21)30)17(2)31-26-24-13-23(19-9-11-35(4)12-10-19)28(37-20-14-36(5)15-20)34-27(24)33-18(3)32-26/h6-8,13,16-17,19-20H,9-12,14-15H2,1-5H3,(H,31,32,33,34)/t16?,17-/m1/s1. The number of likely N-dealkylation sites (tertiary alicyclic amines) is 2. The molecule has 0 bridgehead atoms. The molecule has 1 aromatic carbocycles. The first-order valence-corrected chi connectivity index (χ1v) is 13.1. The fraction of sp³-hybridized carbons (Fsp3) is 0.536. The molecule has 198 valence electrons. The first kappa shape index (κ1) is 25.7. The third-order valence-corrected chi connectivity index (χ3v) is 7.57. The number of ether oxygens (including phenoxy) is 1. The quantitative estimate of drug-likeness (QED) is 0.470. The maximum Gasteiger partial charge on any atom is 0.219 e. The summed E-state index contributed by atoms with van der Waals surface area (Å²) in [6.45, 7) is 8.80. The Hall–Kier alpha value is -2.91. The predicted octanol–water partition coefficient (Wildman–Crippen LogP) is 5.18. The molecule has 0 aliphatic carbocycles. The molecule has 37 heavy (non-hydrogen) atoms. The van der Waals surface area contributed by atoms with Gasteiger partial charge in [-0.2, -0.15) is 4.98 Å². The number of benzene rings is 1. The molecule has 2 aromatic heterocycles. The third-order valence-electron chi connectivity index (χ3n) is 7.57. The lowest BCUT2D eigenvalue weighted by Crippen LogP contribution is -2.51. The van der Waals surface area contributed by atoms with Gasteiger partial charge in [0.05, 0.1) is 11.4 Å². The number of likely N-dealkylation sites (N-methyl/N-ethyl adjacent to an activating group) is 1. The molecule has 2 atom stereocenters. The van der Waals surface area contributed by atoms with Gasteiger partial charge >= 0.3 is 0 Å². The van der Waals surface area contributed by atoms with Crippen molar-refractivity contribution in [3.05, 3.63) is 52.6 Å². The van der Waals surface area contributed by atoms with E-state index in [1.165, 1.54) is 13.0 Å². The van der Waals surface area contributed by atoms with Gasteiger partial charge in [0, 0.05) is 29.8 Å². The van der Waals surface area contributed by atoms with Crippen LogP contribution in [0.1, 0.15) is 67.3 Å². The Bertz CT molecular complexity index is 1270. The molecule has 2 aliphatic rings. The number of halogens is 2. The molecule has 0 spiro atoms. The first-order chi connectivity index (χ1) is 17.7. The van der Waals surface area contributed by atoms with E-state index in [9.17, 15) is 4.39 Å². The highest BCUT2D eigenvalue weighted by molar-refractivity contribution is 5.88. The molecule has 3 aromatic rings. The normalized spacial score (nSPS) is 19.5. The maximum atomic E-state index is 15.1. The van der Waals surface area contributed by atoms with Gasteiger partial charge in [0.25, 0.3) is 0 Å². The van der Waals surface area contributed by atoms with Gasteiger partial charge in [-0.15, -0.1) is 0 Å². The summed E-state index contributed by atoms with van der Waals surface area (Å²) in [5, 5.41) is 4.14. The lowest BCUT2D eigenvalue weighted by molar-refractivity contribution is 0.0345. The van der Waals surface area contributed by atoms with Crippen molar-refractivity contribution >= 4 is 16.9 Å². The molecule has 5 rings (SSSR count). The van der Waals surface area contributed by atoms with Crippen molar-refractivity contribution in [1.82, 2.24) is 24.8 Å². The zero-order valence-electron chi connectivity index (χ0n) is 22.3. The van der Waals surface area contributed by atoms with Crippen LogP contribution in [0.25, 0.3) is 11.0 Å². The molecule has 4 heterocycles. The third kappa shape index (κ3) is 5.38. The summed E-state index contributed by atoms with van der Waals surface area (Å²) in [6, 6.07) is 6.52. The Morgan fingerprint density at radius 2 is 1.73 bits per heavy atom. The van der Waals surface area contributed by atoms with Crippen LogP contribution in [0.3, 0.4) is 0 Å². The number of hydrogen-bond acceptors (Lipinski definition) is 7. The fourth-order valence-electron chi connectivity index (χ4n) is 5.35. The smallest absolute Gasteiger partial charge is 0.219 e. The SMILES string of the molecule is Cc1nc(N[C@H](C)c2cccc(C(C)F)c2F)c2cc(C3CCN(C)CC3)c(OC3CN(C)C3)nc2n1. The van der Waals surface area contributed by atoms with Gasteiger partial charge < -0.3 is 15.0 Å². The van der Waals surface area contributed by atoms with Crippen LogP contribution in [0, 0.1) is 12.7 Å². The number of aromatic nitrogens is 3.